The van der Waals surface area contributed by atoms with E-state index in [0.717, 1.165) is 0 Å². The molecule has 0 spiro atoms. The van der Waals surface area contributed by atoms with Gasteiger partial charge < -0.3 is 5.73 Å². The Labute approximate surface area is 87.5 Å². The number of alkyl halides is 1. The van der Waals surface area contributed by atoms with Gasteiger partial charge in [-0.05, 0) is 17.7 Å². The molecule has 72 valence electrons. The Kier molecular flexibility index (Phi) is 2.85. The lowest BCUT2D eigenvalue weighted by Gasteiger charge is -2.05. The standard InChI is InChI=1S/C9H9ClFN.ClH/c10-7-3-1-6(2-4-7)9(11)5-8(9)12;/h1-4,8H,5,12H2;1H/t8-,9-;/m0./s1. The molecule has 1 aromatic rings. The molecule has 0 saturated heterocycles. The van der Waals surface area contributed by atoms with Gasteiger partial charge in [0.1, 0.15) is 0 Å². The molecule has 0 heterocycles. The van der Waals surface area contributed by atoms with E-state index in [1.807, 2.05) is 0 Å². The van der Waals surface area contributed by atoms with Crippen molar-refractivity contribution >= 4 is 24.0 Å². The van der Waals surface area contributed by atoms with Crippen LogP contribution in [0.25, 0.3) is 0 Å². The third kappa shape index (κ3) is 1.80. The molecule has 1 saturated carbocycles. The van der Waals surface area contributed by atoms with Crippen molar-refractivity contribution in [3.8, 4) is 0 Å². The van der Waals surface area contributed by atoms with Crippen LogP contribution in [0.5, 0.6) is 0 Å². The Hall–Kier alpha value is -0.310. The Morgan fingerprint density at radius 1 is 1.38 bits per heavy atom. The molecule has 0 radical (unpaired) electrons. The quantitative estimate of drug-likeness (QED) is 0.776. The molecule has 0 amide bonds. The first-order valence-electron chi connectivity index (χ1n) is 3.83. The summed E-state index contributed by atoms with van der Waals surface area (Å²) in [5.74, 6) is 0. The van der Waals surface area contributed by atoms with E-state index in [9.17, 15) is 4.39 Å². The zero-order chi connectivity index (χ0) is 8.77. The summed E-state index contributed by atoms with van der Waals surface area (Å²) in [4.78, 5) is 0. The Bertz CT molecular complexity index is 301. The fourth-order valence-corrected chi connectivity index (χ4v) is 1.45. The lowest BCUT2D eigenvalue weighted by Crippen LogP contribution is -2.12. The molecule has 0 aliphatic heterocycles. The second-order valence-electron chi connectivity index (χ2n) is 3.18. The summed E-state index contributed by atoms with van der Waals surface area (Å²) in [6.45, 7) is 0. The molecule has 1 nitrogen and oxygen atoms in total. The van der Waals surface area contributed by atoms with Gasteiger partial charge in [0.05, 0.1) is 0 Å². The highest BCUT2D eigenvalue weighted by Gasteiger charge is 2.54. The number of hydrogen-bond acceptors (Lipinski definition) is 1. The van der Waals surface area contributed by atoms with Crippen molar-refractivity contribution in [2.45, 2.75) is 18.1 Å². The molecule has 1 aliphatic rings. The van der Waals surface area contributed by atoms with Crippen LogP contribution in [0.2, 0.25) is 5.02 Å². The summed E-state index contributed by atoms with van der Waals surface area (Å²) in [7, 11) is 0. The highest BCUT2D eigenvalue weighted by Crippen LogP contribution is 2.48. The lowest BCUT2D eigenvalue weighted by atomic mass is 10.1. The number of rotatable bonds is 1. The molecule has 2 rings (SSSR count). The zero-order valence-electron chi connectivity index (χ0n) is 6.84. The molecule has 2 N–H and O–H groups in total. The highest BCUT2D eigenvalue weighted by atomic mass is 35.5. The largest absolute Gasteiger partial charge is 0.325 e. The number of nitrogens with two attached hydrogens (primary N) is 1. The van der Waals surface area contributed by atoms with Crippen LogP contribution >= 0.6 is 24.0 Å². The van der Waals surface area contributed by atoms with Gasteiger partial charge in [0.2, 0.25) is 0 Å². The Balaban J connectivity index is 0.000000845. The van der Waals surface area contributed by atoms with Crippen LogP contribution in [0, 0.1) is 0 Å². The minimum atomic E-state index is -1.29. The third-order valence-electron chi connectivity index (χ3n) is 2.27. The van der Waals surface area contributed by atoms with Gasteiger partial charge in [0.15, 0.2) is 5.67 Å². The predicted molar refractivity (Wildman–Crippen MR) is 54.1 cm³/mol. The molecule has 0 aromatic heterocycles. The summed E-state index contributed by atoms with van der Waals surface area (Å²) in [6.07, 6.45) is 0.425. The zero-order valence-corrected chi connectivity index (χ0v) is 8.41. The van der Waals surface area contributed by atoms with Crippen molar-refractivity contribution in [3.63, 3.8) is 0 Å². The van der Waals surface area contributed by atoms with Crippen LogP contribution in [0.4, 0.5) is 4.39 Å². The van der Waals surface area contributed by atoms with Gasteiger partial charge in [-0.3, -0.25) is 0 Å². The fraction of sp³-hybridized carbons (Fsp3) is 0.333. The van der Waals surface area contributed by atoms with Crippen LogP contribution in [0.1, 0.15) is 12.0 Å². The number of halogens is 3. The molecular formula is C9H10Cl2FN. The molecule has 0 unspecified atom stereocenters. The molecule has 13 heavy (non-hydrogen) atoms. The number of benzene rings is 1. The van der Waals surface area contributed by atoms with E-state index < -0.39 is 5.67 Å². The fourth-order valence-electron chi connectivity index (χ4n) is 1.32. The normalized spacial score (nSPS) is 30.8. The summed E-state index contributed by atoms with van der Waals surface area (Å²) >= 11 is 5.66. The van der Waals surface area contributed by atoms with Crippen LogP contribution < -0.4 is 5.73 Å². The average molecular weight is 222 g/mol. The summed E-state index contributed by atoms with van der Waals surface area (Å²) < 4.78 is 13.6. The molecule has 1 aromatic carbocycles. The molecule has 1 fully saturated rings. The minimum Gasteiger partial charge on any atom is -0.325 e. The first kappa shape index (κ1) is 10.8. The second kappa shape index (κ2) is 3.45. The van der Waals surface area contributed by atoms with E-state index >= 15 is 0 Å². The van der Waals surface area contributed by atoms with Gasteiger partial charge in [-0.15, -0.1) is 12.4 Å². The number of hydrogen-bond donors (Lipinski definition) is 1. The maximum Gasteiger partial charge on any atom is 0.152 e. The van der Waals surface area contributed by atoms with E-state index in [-0.39, 0.29) is 18.4 Å². The van der Waals surface area contributed by atoms with E-state index in [0.29, 0.717) is 17.0 Å². The Morgan fingerprint density at radius 2 is 1.85 bits per heavy atom. The van der Waals surface area contributed by atoms with E-state index in [4.69, 9.17) is 17.3 Å². The predicted octanol–water partition coefficient (Wildman–Crippen LogP) is 2.66. The van der Waals surface area contributed by atoms with E-state index in [1.165, 1.54) is 0 Å². The minimum absolute atomic E-state index is 0. The smallest absolute Gasteiger partial charge is 0.152 e. The van der Waals surface area contributed by atoms with E-state index in [1.54, 1.807) is 24.3 Å². The maximum absolute atomic E-state index is 13.6. The van der Waals surface area contributed by atoms with Crippen molar-refractivity contribution in [1.82, 2.24) is 0 Å². The van der Waals surface area contributed by atoms with Gasteiger partial charge in [0.25, 0.3) is 0 Å². The van der Waals surface area contributed by atoms with Crippen molar-refractivity contribution in [3.05, 3.63) is 34.9 Å². The Morgan fingerprint density at radius 3 is 2.23 bits per heavy atom. The molecule has 4 heteroatoms. The van der Waals surface area contributed by atoms with Gasteiger partial charge in [-0.1, -0.05) is 23.7 Å². The van der Waals surface area contributed by atoms with Gasteiger partial charge in [-0.25, -0.2) is 4.39 Å². The van der Waals surface area contributed by atoms with Crippen molar-refractivity contribution in [2.75, 3.05) is 0 Å². The summed E-state index contributed by atoms with van der Waals surface area (Å²) in [6, 6.07) is 6.41. The van der Waals surface area contributed by atoms with Crippen molar-refractivity contribution < 1.29 is 4.39 Å². The van der Waals surface area contributed by atoms with Crippen LogP contribution in [0.3, 0.4) is 0 Å². The first-order valence-corrected chi connectivity index (χ1v) is 4.21. The SMILES string of the molecule is Cl.N[C@H]1C[C@]1(F)c1ccc(Cl)cc1. The first-order chi connectivity index (χ1) is 5.63. The molecular weight excluding hydrogens is 212 g/mol. The van der Waals surface area contributed by atoms with Crippen molar-refractivity contribution in [1.29, 1.82) is 0 Å². The summed E-state index contributed by atoms with van der Waals surface area (Å²) in [5, 5.41) is 0.622. The van der Waals surface area contributed by atoms with Gasteiger partial charge >= 0.3 is 0 Å². The van der Waals surface area contributed by atoms with Gasteiger partial charge in [-0.2, -0.15) is 0 Å². The van der Waals surface area contributed by atoms with Crippen LogP contribution in [-0.4, -0.2) is 6.04 Å². The van der Waals surface area contributed by atoms with Gasteiger partial charge in [0, 0.05) is 17.5 Å². The van der Waals surface area contributed by atoms with Crippen LogP contribution in [-0.2, 0) is 5.67 Å². The monoisotopic (exact) mass is 221 g/mol. The second-order valence-corrected chi connectivity index (χ2v) is 3.62. The van der Waals surface area contributed by atoms with E-state index in [2.05, 4.69) is 0 Å². The average Bonchev–Trinajstić information content (AvgIpc) is 2.62. The van der Waals surface area contributed by atoms with Crippen LogP contribution in [0.15, 0.2) is 24.3 Å². The third-order valence-corrected chi connectivity index (χ3v) is 2.52. The summed E-state index contributed by atoms with van der Waals surface area (Å²) in [5.41, 5.74) is 4.81. The van der Waals surface area contributed by atoms with Crippen molar-refractivity contribution in [2.24, 2.45) is 5.73 Å². The topological polar surface area (TPSA) is 26.0 Å². The lowest BCUT2D eigenvalue weighted by molar-refractivity contribution is 0.306. The maximum atomic E-state index is 13.6. The highest BCUT2D eigenvalue weighted by molar-refractivity contribution is 6.30. The molecule has 1 aliphatic carbocycles. The molecule has 0 bridgehead atoms. The molecule has 2 atom stereocenters.